The van der Waals surface area contributed by atoms with Crippen LogP contribution in [0.5, 0.6) is 0 Å². The molecule has 0 spiro atoms. The number of amides is 3. The Kier molecular flexibility index (Phi) is 4.51. The number of imide groups is 1. The first-order valence-corrected chi connectivity index (χ1v) is 4.99. The van der Waals surface area contributed by atoms with Gasteiger partial charge in [0.25, 0.3) is 0 Å². The Morgan fingerprint density at radius 2 is 1.93 bits per heavy atom. The number of nitrogens with zero attached hydrogens (tertiary/aromatic N) is 1. The first-order valence-electron chi connectivity index (χ1n) is 4.99. The fourth-order valence-electron chi connectivity index (χ4n) is 1.41. The summed E-state index contributed by atoms with van der Waals surface area (Å²) in [6.45, 7) is 4.50. The van der Waals surface area contributed by atoms with E-state index in [1.54, 1.807) is 6.92 Å². The van der Waals surface area contributed by atoms with Crippen molar-refractivity contribution in [2.75, 3.05) is 33.4 Å². The van der Waals surface area contributed by atoms with Crippen LogP contribution < -0.4 is 10.6 Å². The van der Waals surface area contributed by atoms with E-state index in [1.807, 2.05) is 4.90 Å². The molecule has 15 heavy (non-hydrogen) atoms. The highest BCUT2D eigenvalue weighted by atomic mass is 16.5. The van der Waals surface area contributed by atoms with Gasteiger partial charge in [0.2, 0.25) is 5.91 Å². The number of morpholine rings is 1. The van der Waals surface area contributed by atoms with Crippen molar-refractivity contribution in [1.29, 1.82) is 0 Å². The van der Waals surface area contributed by atoms with E-state index in [-0.39, 0.29) is 11.9 Å². The normalized spacial score (nSPS) is 19.3. The molecule has 0 aromatic carbocycles. The lowest BCUT2D eigenvalue weighted by atomic mass is 10.2. The lowest BCUT2D eigenvalue weighted by Gasteiger charge is -2.31. The summed E-state index contributed by atoms with van der Waals surface area (Å²) < 4.78 is 5.18. The fourth-order valence-corrected chi connectivity index (χ4v) is 1.41. The van der Waals surface area contributed by atoms with E-state index in [2.05, 4.69) is 10.6 Å². The SMILES string of the molecule is CNC(=O)NC(=O)[C@H](C)N1CCOCC1. The molecule has 0 unspecified atom stereocenters. The second-order valence-electron chi connectivity index (χ2n) is 3.39. The lowest BCUT2D eigenvalue weighted by molar-refractivity contribution is -0.126. The van der Waals surface area contributed by atoms with E-state index >= 15 is 0 Å². The van der Waals surface area contributed by atoms with Crippen molar-refractivity contribution in [3.8, 4) is 0 Å². The summed E-state index contributed by atoms with van der Waals surface area (Å²) in [5.41, 5.74) is 0. The zero-order valence-corrected chi connectivity index (χ0v) is 9.08. The van der Waals surface area contributed by atoms with Crippen LogP contribution in [0.15, 0.2) is 0 Å². The summed E-state index contributed by atoms with van der Waals surface area (Å²) >= 11 is 0. The van der Waals surface area contributed by atoms with Crippen LogP contribution in [-0.4, -0.2) is 56.2 Å². The molecule has 1 atom stereocenters. The third-order valence-corrected chi connectivity index (χ3v) is 2.44. The van der Waals surface area contributed by atoms with E-state index in [9.17, 15) is 9.59 Å². The van der Waals surface area contributed by atoms with Crippen LogP contribution >= 0.6 is 0 Å². The Balaban J connectivity index is 2.40. The average Bonchev–Trinajstić information content (AvgIpc) is 2.29. The van der Waals surface area contributed by atoms with E-state index in [4.69, 9.17) is 4.74 Å². The lowest BCUT2D eigenvalue weighted by Crippen LogP contribution is -2.52. The van der Waals surface area contributed by atoms with Gasteiger partial charge < -0.3 is 10.1 Å². The number of carbonyl (C=O) groups is 2. The maximum Gasteiger partial charge on any atom is 0.321 e. The minimum atomic E-state index is -0.472. The van der Waals surface area contributed by atoms with Crippen LogP contribution in [0.1, 0.15) is 6.92 Å². The fraction of sp³-hybridized carbons (Fsp3) is 0.778. The Labute approximate surface area is 88.9 Å². The van der Waals surface area contributed by atoms with Gasteiger partial charge in [-0.2, -0.15) is 0 Å². The zero-order valence-electron chi connectivity index (χ0n) is 9.08. The molecule has 1 aliphatic heterocycles. The van der Waals surface area contributed by atoms with E-state index in [1.165, 1.54) is 7.05 Å². The molecule has 3 amide bonds. The largest absolute Gasteiger partial charge is 0.379 e. The van der Waals surface area contributed by atoms with Gasteiger partial charge in [0.1, 0.15) is 0 Å². The number of urea groups is 1. The van der Waals surface area contributed by atoms with Gasteiger partial charge in [-0.1, -0.05) is 0 Å². The van der Waals surface area contributed by atoms with Crippen LogP contribution in [0.2, 0.25) is 0 Å². The smallest absolute Gasteiger partial charge is 0.321 e. The topological polar surface area (TPSA) is 70.7 Å². The molecule has 1 heterocycles. The highest BCUT2D eigenvalue weighted by Gasteiger charge is 2.23. The summed E-state index contributed by atoms with van der Waals surface area (Å²) in [6, 6.07) is -0.772. The molecule has 0 bridgehead atoms. The minimum Gasteiger partial charge on any atom is -0.379 e. The van der Waals surface area contributed by atoms with E-state index < -0.39 is 6.03 Å². The molecule has 1 fully saturated rings. The maximum atomic E-state index is 11.6. The highest BCUT2D eigenvalue weighted by Crippen LogP contribution is 2.03. The molecular weight excluding hydrogens is 198 g/mol. The van der Waals surface area contributed by atoms with Gasteiger partial charge in [-0.15, -0.1) is 0 Å². The molecule has 0 aromatic rings. The van der Waals surface area contributed by atoms with Gasteiger partial charge in [0.05, 0.1) is 19.3 Å². The summed E-state index contributed by atoms with van der Waals surface area (Å²) in [5, 5.41) is 4.59. The zero-order chi connectivity index (χ0) is 11.3. The minimum absolute atomic E-state index is 0.281. The molecular formula is C9H17N3O3. The van der Waals surface area contributed by atoms with Gasteiger partial charge >= 0.3 is 6.03 Å². The van der Waals surface area contributed by atoms with Crippen LogP contribution in [0.3, 0.4) is 0 Å². The second-order valence-corrected chi connectivity index (χ2v) is 3.39. The number of nitrogens with one attached hydrogen (secondary N) is 2. The van der Waals surface area contributed by atoms with Crippen LogP contribution in [0, 0.1) is 0 Å². The molecule has 86 valence electrons. The predicted molar refractivity (Wildman–Crippen MR) is 54.5 cm³/mol. The molecule has 0 radical (unpaired) electrons. The molecule has 0 aromatic heterocycles. The van der Waals surface area contributed by atoms with Crippen LogP contribution in [0.4, 0.5) is 4.79 Å². The predicted octanol–water partition coefficient (Wildman–Crippen LogP) is -0.837. The molecule has 6 nitrogen and oxygen atoms in total. The Bertz CT molecular complexity index is 239. The number of hydrogen-bond donors (Lipinski definition) is 2. The summed E-state index contributed by atoms with van der Waals surface area (Å²) in [5.74, 6) is -0.281. The average molecular weight is 215 g/mol. The number of hydrogen-bond acceptors (Lipinski definition) is 4. The van der Waals surface area contributed by atoms with Crippen molar-refractivity contribution >= 4 is 11.9 Å². The molecule has 1 aliphatic rings. The van der Waals surface area contributed by atoms with Crippen molar-refractivity contribution in [2.45, 2.75) is 13.0 Å². The Hall–Kier alpha value is -1.14. The van der Waals surface area contributed by atoms with Crippen molar-refractivity contribution in [2.24, 2.45) is 0 Å². The Morgan fingerprint density at radius 1 is 1.33 bits per heavy atom. The van der Waals surface area contributed by atoms with Gasteiger partial charge in [0.15, 0.2) is 0 Å². The standard InChI is InChI=1S/C9H17N3O3/c1-7(8(13)11-9(14)10-2)12-3-5-15-6-4-12/h7H,3-6H2,1-2H3,(H2,10,11,13,14)/t7-/m0/s1. The Morgan fingerprint density at radius 3 is 2.47 bits per heavy atom. The van der Waals surface area contributed by atoms with Gasteiger partial charge in [-0.05, 0) is 6.92 Å². The summed E-state index contributed by atoms with van der Waals surface area (Å²) in [6.07, 6.45) is 0. The number of rotatable bonds is 2. The maximum absolute atomic E-state index is 11.6. The first-order chi connectivity index (χ1) is 7.15. The highest BCUT2D eigenvalue weighted by molar-refractivity contribution is 5.96. The van der Waals surface area contributed by atoms with Crippen LogP contribution in [-0.2, 0) is 9.53 Å². The van der Waals surface area contributed by atoms with E-state index in [0.29, 0.717) is 13.2 Å². The number of carbonyl (C=O) groups excluding carboxylic acids is 2. The second kappa shape index (κ2) is 5.67. The monoisotopic (exact) mass is 215 g/mol. The van der Waals surface area contributed by atoms with Gasteiger partial charge in [-0.3, -0.25) is 15.0 Å². The summed E-state index contributed by atoms with van der Waals surface area (Å²) in [7, 11) is 1.47. The van der Waals surface area contributed by atoms with Crippen LogP contribution in [0.25, 0.3) is 0 Å². The molecule has 0 saturated carbocycles. The molecule has 1 rings (SSSR count). The molecule has 2 N–H and O–H groups in total. The molecule has 6 heteroatoms. The number of ether oxygens (including phenoxy) is 1. The van der Waals surface area contributed by atoms with Crippen molar-refractivity contribution in [1.82, 2.24) is 15.5 Å². The van der Waals surface area contributed by atoms with Gasteiger partial charge in [0, 0.05) is 20.1 Å². The first kappa shape index (κ1) is 11.9. The third kappa shape index (κ3) is 3.49. The van der Waals surface area contributed by atoms with Gasteiger partial charge in [-0.25, -0.2) is 4.79 Å². The quantitative estimate of drug-likeness (QED) is 0.630. The van der Waals surface area contributed by atoms with Crippen molar-refractivity contribution < 1.29 is 14.3 Å². The molecule has 0 aliphatic carbocycles. The summed E-state index contributed by atoms with van der Waals surface area (Å²) in [4.78, 5) is 24.5. The molecule has 1 saturated heterocycles. The van der Waals surface area contributed by atoms with Crippen molar-refractivity contribution in [3.63, 3.8) is 0 Å². The van der Waals surface area contributed by atoms with E-state index in [0.717, 1.165) is 13.1 Å². The van der Waals surface area contributed by atoms with Crippen molar-refractivity contribution in [3.05, 3.63) is 0 Å². The third-order valence-electron chi connectivity index (χ3n) is 2.44.